The van der Waals surface area contributed by atoms with E-state index in [0.717, 1.165) is 50.0 Å². The fourth-order valence-electron chi connectivity index (χ4n) is 2.94. The second kappa shape index (κ2) is 12.5. The van der Waals surface area contributed by atoms with E-state index in [1.165, 1.54) is 10.7 Å². The fraction of sp³-hybridized carbons (Fsp3) is 0.706. The van der Waals surface area contributed by atoms with Crippen molar-refractivity contribution in [2.75, 3.05) is 45.1 Å². The number of hydrogen-bond acceptors (Lipinski definition) is 8. The molecule has 1 amide bonds. The summed E-state index contributed by atoms with van der Waals surface area (Å²) in [6.45, 7) is 4.84. The third-order valence-electron chi connectivity index (χ3n) is 4.47. The zero-order valence-electron chi connectivity index (χ0n) is 16.6. The van der Waals surface area contributed by atoms with Gasteiger partial charge in [0.05, 0.1) is 6.54 Å². The maximum absolute atomic E-state index is 12.4. The zero-order chi connectivity index (χ0) is 21.1. The molecule has 0 saturated heterocycles. The molecule has 0 saturated carbocycles. The summed E-state index contributed by atoms with van der Waals surface area (Å²) < 4.78 is 2.32. The zero-order valence-corrected chi connectivity index (χ0v) is 17.4. The molecule has 162 valence electrons. The van der Waals surface area contributed by atoms with E-state index < -0.39 is 5.69 Å². The number of unbranched alkanes of at least 4 members (excludes halogenated alkanes) is 1. The Balaban J connectivity index is 1.88. The molecule has 0 aliphatic rings. The summed E-state index contributed by atoms with van der Waals surface area (Å²) in [6, 6.07) is 0. The Morgan fingerprint density at radius 2 is 1.86 bits per heavy atom. The van der Waals surface area contributed by atoms with Crippen LogP contribution in [0.2, 0.25) is 0 Å². The maximum Gasteiger partial charge on any atom is 0.353 e. The number of halogens is 1. The molecular formula is C17H30ClN9O2. The number of carbonyl (C=O) groups excluding carboxylic acids is 1. The average Bonchev–Trinajstić information content (AvgIpc) is 3.16. The second-order valence-electron chi connectivity index (χ2n) is 6.66. The van der Waals surface area contributed by atoms with Crippen LogP contribution in [0.25, 0.3) is 5.65 Å². The number of carbonyl (C=O) groups is 1. The number of aryl methyl sites for hydroxylation is 1. The Bertz CT molecular complexity index is 823. The Hall–Kier alpha value is -2.08. The standard InChI is InChI=1S/C17H30ClN9O2/c18-5-12-27-17(29)26-13-22-14(15(26)23-24-27)16(28)21-8-4-11-25(10-3-7-20)9-2-1-6-19/h13H,1-12,19-20H2,(H,21,28). The van der Waals surface area contributed by atoms with E-state index in [4.69, 9.17) is 23.1 Å². The third kappa shape index (κ3) is 6.74. The highest BCUT2D eigenvalue weighted by molar-refractivity contribution is 6.17. The van der Waals surface area contributed by atoms with Crippen molar-refractivity contribution >= 4 is 23.2 Å². The van der Waals surface area contributed by atoms with Crippen LogP contribution in [0.4, 0.5) is 0 Å². The quantitative estimate of drug-likeness (QED) is 0.257. The normalized spacial score (nSPS) is 11.4. The SMILES string of the molecule is NCCCCN(CCCN)CCCNC(=O)c1ncn2c(=O)n(CCCl)nnc12. The van der Waals surface area contributed by atoms with E-state index in [1.54, 1.807) is 0 Å². The molecule has 2 heterocycles. The molecule has 2 rings (SSSR count). The molecule has 0 unspecified atom stereocenters. The minimum absolute atomic E-state index is 0.0792. The molecule has 0 fully saturated rings. The fourth-order valence-corrected chi connectivity index (χ4v) is 3.10. The van der Waals surface area contributed by atoms with Crippen LogP contribution in [0.15, 0.2) is 11.1 Å². The smallest absolute Gasteiger partial charge is 0.351 e. The topological polar surface area (TPSA) is 149 Å². The molecule has 0 atom stereocenters. The first-order valence-electron chi connectivity index (χ1n) is 9.89. The molecule has 0 spiro atoms. The predicted molar refractivity (Wildman–Crippen MR) is 111 cm³/mol. The van der Waals surface area contributed by atoms with Crippen molar-refractivity contribution in [3.05, 3.63) is 22.5 Å². The molecule has 0 bridgehead atoms. The van der Waals surface area contributed by atoms with Crippen molar-refractivity contribution in [1.29, 1.82) is 0 Å². The first-order valence-corrected chi connectivity index (χ1v) is 10.4. The lowest BCUT2D eigenvalue weighted by molar-refractivity contribution is 0.0948. The van der Waals surface area contributed by atoms with Crippen molar-refractivity contribution in [2.24, 2.45) is 11.5 Å². The van der Waals surface area contributed by atoms with Crippen molar-refractivity contribution in [3.63, 3.8) is 0 Å². The van der Waals surface area contributed by atoms with Gasteiger partial charge in [-0.3, -0.25) is 4.79 Å². The average molecular weight is 428 g/mol. The molecule has 2 aromatic rings. The molecule has 2 aromatic heterocycles. The van der Waals surface area contributed by atoms with Crippen LogP contribution in [0, 0.1) is 0 Å². The van der Waals surface area contributed by atoms with Crippen molar-refractivity contribution < 1.29 is 4.79 Å². The summed E-state index contributed by atoms with van der Waals surface area (Å²) in [5, 5.41) is 10.6. The molecule has 0 radical (unpaired) electrons. The molecule has 0 aromatic carbocycles. The number of nitrogens with zero attached hydrogens (tertiary/aromatic N) is 6. The second-order valence-corrected chi connectivity index (χ2v) is 7.04. The number of amides is 1. The molecule has 5 N–H and O–H groups in total. The lowest BCUT2D eigenvalue weighted by Crippen LogP contribution is -2.33. The van der Waals surface area contributed by atoms with E-state index in [-0.39, 0.29) is 29.7 Å². The summed E-state index contributed by atoms with van der Waals surface area (Å²) in [5.41, 5.74) is 10.9. The van der Waals surface area contributed by atoms with Gasteiger partial charge in [-0.25, -0.2) is 14.2 Å². The van der Waals surface area contributed by atoms with Gasteiger partial charge in [-0.1, -0.05) is 5.21 Å². The number of hydrogen-bond donors (Lipinski definition) is 3. The number of alkyl halides is 1. The number of aromatic nitrogens is 5. The van der Waals surface area contributed by atoms with E-state index >= 15 is 0 Å². The summed E-state index contributed by atoms with van der Waals surface area (Å²) in [6.07, 6.45) is 5.05. The molecule has 0 aliphatic heterocycles. The van der Waals surface area contributed by atoms with Gasteiger partial charge in [-0.05, 0) is 58.4 Å². The molecule has 11 nitrogen and oxygen atoms in total. The van der Waals surface area contributed by atoms with Crippen LogP contribution >= 0.6 is 11.6 Å². The largest absolute Gasteiger partial charge is 0.353 e. The highest BCUT2D eigenvalue weighted by atomic mass is 35.5. The molecular weight excluding hydrogens is 398 g/mol. The van der Waals surface area contributed by atoms with Crippen molar-refractivity contribution in [1.82, 2.24) is 34.6 Å². The summed E-state index contributed by atoms with van der Waals surface area (Å²) >= 11 is 5.64. The summed E-state index contributed by atoms with van der Waals surface area (Å²) in [5.74, 6) is -0.149. The van der Waals surface area contributed by atoms with Crippen LogP contribution in [0.5, 0.6) is 0 Å². The molecule has 29 heavy (non-hydrogen) atoms. The number of nitrogens with two attached hydrogens (primary N) is 2. The molecule has 0 aliphatic carbocycles. The van der Waals surface area contributed by atoms with Crippen LogP contribution in [-0.2, 0) is 6.54 Å². The van der Waals surface area contributed by atoms with E-state index in [2.05, 4.69) is 25.5 Å². The van der Waals surface area contributed by atoms with Gasteiger partial charge in [0.2, 0.25) is 0 Å². The van der Waals surface area contributed by atoms with Gasteiger partial charge in [0.25, 0.3) is 5.91 Å². The van der Waals surface area contributed by atoms with Crippen LogP contribution < -0.4 is 22.5 Å². The number of rotatable bonds is 14. The minimum atomic E-state index is -0.435. The van der Waals surface area contributed by atoms with Gasteiger partial charge in [-0.2, -0.15) is 4.68 Å². The Labute approximate surface area is 174 Å². The Morgan fingerprint density at radius 3 is 2.59 bits per heavy atom. The van der Waals surface area contributed by atoms with E-state index in [0.29, 0.717) is 19.6 Å². The van der Waals surface area contributed by atoms with Gasteiger partial charge in [0.1, 0.15) is 6.33 Å². The Kier molecular flexibility index (Phi) is 9.98. The van der Waals surface area contributed by atoms with Crippen molar-refractivity contribution in [2.45, 2.75) is 32.2 Å². The van der Waals surface area contributed by atoms with Crippen LogP contribution in [0.3, 0.4) is 0 Å². The van der Waals surface area contributed by atoms with Gasteiger partial charge >= 0.3 is 5.69 Å². The van der Waals surface area contributed by atoms with E-state index in [9.17, 15) is 9.59 Å². The predicted octanol–water partition coefficient (Wildman–Crippen LogP) is -0.966. The van der Waals surface area contributed by atoms with Gasteiger partial charge in [-0.15, -0.1) is 16.7 Å². The van der Waals surface area contributed by atoms with Crippen LogP contribution in [0.1, 0.15) is 36.2 Å². The van der Waals surface area contributed by atoms with Crippen molar-refractivity contribution in [3.8, 4) is 0 Å². The maximum atomic E-state index is 12.4. The van der Waals surface area contributed by atoms with Gasteiger partial charge in [0.15, 0.2) is 11.3 Å². The van der Waals surface area contributed by atoms with Gasteiger partial charge in [0, 0.05) is 12.4 Å². The highest BCUT2D eigenvalue weighted by Crippen LogP contribution is 2.03. The highest BCUT2D eigenvalue weighted by Gasteiger charge is 2.17. The third-order valence-corrected chi connectivity index (χ3v) is 4.64. The number of fused-ring (bicyclic) bond motifs is 1. The number of imidazole rings is 1. The van der Waals surface area contributed by atoms with Crippen LogP contribution in [-0.4, -0.2) is 80.3 Å². The number of nitrogens with one attached hydrogen (secondary N) is 1. The van der Waals surface area contributed by atoms with Gasteiger partial charge < -0.3 is 21.7 Å². The van der Waals surface area contributed by atoms with E-state index in [1.807, 2.05) is 0 Å². The summed E-state index contributed by atoms with van der Waals surface area (Å²) in [4.78, 5) is 31.1. The minimum Gasteiger partial charge on any atom is -0.351 e. The lowest BCUT2D eigenvalue weighted by Gasteiger charge is -2.22. The Morgan fingerprint density at radius 1 is 1.14 bits per heavy atom. The lowest BCUT2D eigenvalue weighted by atomic mass is 10.2. The first-order chi connectivity index (χ1) is 14.1. The monoisotopic (exact) mass is 427 g/mol. The first kappa shape index (κ1) is 23.2. The molecule has 12 heteroatoms. The summed E-state index contributed by atoms with van der Waals surface area (Å²) in [7, 11) is 0.